The predicted molar refractivity (Wildman–Crippen MR) is 153 cm³/mol. The van der Waals surface area contributed by atoms with E-state index in [0.29, 0.717) is 39.4 Å². The molecular formula is C30H26N6O4S. The van der Waals surface area contributed by atoms with E-state index >= 15 is 0 Å². The van der Waals surface area contributed by atoms with Crippen LogP contribution in [0.2, 0.25) is 0 Å². The predicted octanol–water partition coefficient (Wildman–Crippen LogP) is 4.42. The summed E-state index contributed by atoms with van der Waals surface area (Å²) in [5, 5.41) is 18.5. The van der Waals surface area contributed by atoms with Crippen molar-refractivity contribution >= 4 is 16.7 Å². The van der Waals surface area contributed by atoms with Gasteiger partial charge in [-0.15, -0.1) is 20.4 Å². The molecule has 2 aromatic heterocycles. The highest BCUT2D eigenvalue weighted by atomic mass is 32.2. The molecule has 2 heterocycles. The summed E-state index contributed by atoms with van der Waals surface area (Å²) in [6, 6.07) is 21.9. The first kappa shape index (κ1) is 27.5. The molecule has 41 heavy (non-hydrogen) atoms. The molecule has 5 aromatic rings. The van der Waals surface area contributed by atoms with Gasteiger partial charge >= 0.3 is 0 Å². The second-order valence-corrected chi connectivity index (χ2v) is 10.3. The van der Waals surface area contributed by atoms with Crippen LogP contribution in [-0.4, -0.2) is 49.7 Å². The minimum Gasteiger partial charge on any atom is -0.497 e. The number of carbonyl (C=O) groups is 1. The Morgan fingerprint density at radius 3 is 2.37 bits per heavy atom. The molecule has 206 valence electrons. The standard InChI is InChI=1S/C30H26N6O4S/c1-19-13-25(22-5-4-6-24(15-22)39-2)28(26(14-19)40-3)41(38)27-12-11-23(17-31-27)30(37)32-16-20-7-9-21(10-8-20)29-35-33-18-34-36-29/h4-15,17-18H,16H2,1-3H3,(H,32,37). The first-order valence-electron chi connectivity index (χ1n) is 12.6. The van der Waals surface area contributed by atoms with Gasteiger partial charge in [0.1, 0.15) is 27.3 Å². The molecule has 0 saturated heterocycles. The van der Waals surface area contributed by atoms with Crippen LogP contribution in [0, 0.1) is 6.92 Å². The maximum atomic E-state index is 13.8. The summed E-state index contributed by atoms with van der Waals surface area (Å²) in [6.45, 7) is 2.26. The zero-order valence-electron chi connectivity index (χ0n) is 22.6. The molecule has 10 nitrogen and oxygen atoms in total. The van der Waals surface area contributed by atoms with Crippen molar-refractivity contribution < 1.29 is 18.5 Å². The number of methoxy groups -OCH3 is 2. The molecule has 0 fully saturated rings. The molecule has 11 heteroatoms. The second-order valence-electron chi connectivity index (χ2n) is 8.98. The van der Waals surface area contributed by atoms with Gasteiger partial charge < -0.3 is 14.8 Å². The zero-order valence-corrected chi connectivity index (χ0v) is 23.4. The molecule has 0 aliphatic carbocycles. The molecule has 0 spiro atoms. The number of pyridine rings is 1. The van der Waals surface area contributed by atoms with Gasteiger partial charge in [0.05, 0.1) is 24.7 Å². The van der Waals surface area contributed by atoms with E-state index in [9.17, 15) is 9.00 Å². The number of nitrogens with one attached hydrogen (secondary N) is 1. The number of hydrogen-bond donors (Lipinski definition) is 1. The number of nitrogens with zero attached hydrogens (tertiary/aromatic N) is 5. The van der Waals surface area contributed by atoms with E-state index in [1.54, 1.807) is 26.4 Å². The van der Waals surface area contributed by atoms with Crippen LogP contribution >= 0.6 is 0 Å². The van der Waals surface area contributed by atoms with Gasteiger partial charge in [-0.1, -0.05) is 36.4 Å². The first-order valence-corrected chi connectivity index (χ1v) is 13.7. The van der Waals surface area contributed by atoms with Crippen LogP contribution in [0.1, 0.15) is 21.5 Å². The van der Waals surface area contributed by atoms with Crippen LogP contribution in [0.25, 0.3) is 22.5 Å². The number of aryl methyl sites for hydroxylation is 1. The van der Waals surface area contributed by atoms with Crippen LogP contribution in [0.4, 0.5) is 0 Å². The summed E-state index contributed by atoms with van der Waals surface area (Å²) in [4.78, 5) is 17.7. The molecule has 0 bridgehead atoms. The molecule has 0 radical (unpaired) electrons. The number of rotatable bonds is 9. The molecular weight excluding hydrogens is 540 g/mol. The van der Waals surface area contributed by atoms with E-state index in [1.165, 1.54) is 12.5 Å². The number of aromatic nitrogens is 5. The Balaban J connectivity index is 1.32. The minimum atomic E-state index is -1.69. The molecule has 1 unspecified atom stereocenters. The van der Waals surface area contributed by atoms with Crippen molar-refractivity contribution in [3.8, 4) is 34.0 Å². The molecule has 1 atom stereocenters. The summed E-state index contributed by atoms with van der Waals surface area (Å²) in [5.41, 5.74) is 4.55. The lowest BCUT2D eigenvalue weighted by Gasteiger charge is -2.16. The van der Waals surface area contributed by atoms with Gasteiger partial charge in [0.2, 0.25) is 5.82 Å². The number of amides is 1. The van der Waals surface area contributed by atoms with Crippen molar-refractivity contribution in [1.82, 2.24) is 30.7 Å². The maximum Gasteiger partial charge on any atom is 0.253 e. The van der Waals surface area contributed by atoms with E-state index in [2.05, 4.69) is 30.7 Å². The van der Waals surface area contributed by atoms with E-state index < -0.39 is 10.8 Å². The Morgan fingerprint density at radius 2 is 1.68 bits per heavy atom. The number of carbonyl (C=O) groups excluding carboxylic acids is 1. The van der Waals surface area contributed by atoms with E-state index in [1.807, 2.05) is 67.6 Å². The third-order valence-electron chi connectivity index (χ3n) is 6.25. The fourth-order valence-corrected chi connectivity index (χ4v) is 5.44. The van der Waals surface area contributed by atoms with Crippen LogP contribution in [0.15, 0.2) is 95.2 Å². The second kappa shape index (κ2) is 12.4. The SMILES string of the molecule is COc1cccc(-c2cc(C)cc(OC)c2S(=O)c2ccc(C(=O)NCc3ccc(-c4nncnn4)cc3)cn2)c1. The van der Waals surface area contributed by atoms with Crippen LogP contribution in [0.3, 0.4) is 0 Å². The lowest BCUT2D eigenvalue weighted by molar-refractivity contribution is 0.0950. The normalized spacial score (nSPS) is 11.5. The Kier molecular flexibility index (Phi) is 8.35. The average molecular weight is 567 g/mol. The average Bonchev–Trinajstić information content (AvgIpc) is 3.03. The Hall–Kier alpha value is -5.03. The summed E-state index contributed by atoms with van der Waals surface area (Å²) in [7, 11) is 1.46. The Morgan fingerprint density at radius 1 is 0.902 bits per heavy atom. The van der Waals surface area contributed by atoms with Gasteiger partial charge in [0.25, 0.3) is 5.91 Å². The smallest absolute Gasteiger partial charge is 0.253 e. The van der Waals surface area contributed by atoms with Gasteiger partial charge in [0.15, 0.2) is 6.33 Å². The van der Waals surface area contributed by atoms with Crippen molar-refractivity contribution in [1.29, 1.82) is 0 Å². The summed E-state index contributed by atoms with van der Waals surface area (Å²) >= 11 is 0. The molecule has 1 amide bonds. The molecule has 1 N–H and O–H groups in total. The summed E-state index contributed by atoms with van der Waals surface area (Å²) in [6.07, 6.45) is 2.69. The highest BCUT2D eigenvalue weighted by molar-refractivity contribution is 7.85. The van der Waals surface area contributed by atoms with Crippen molar-refractivity contribution in [2.75, 3.05) is 14.2 Å². The van der Waals surface area contributed by atoms with Crippen LogP contribution < -0.4 is 14.8 Å². The lowest BCUT2D eigenvalue weighted by Crippen LogP contribution is -2.23. The minimum absolute atomic E-state index is 0.301. The quantitative estimate of drug-likeness (QED) is 0.276. The molecule has 5 rings (SSSR count). The lowest BCUT2D eigenvalue weighted by atomic mass is 10.0. The number of hydrogen-bond acceptors (Lipinski definition) is 9. The van der Waals surface area contributed by atoms with Gasteiger partial charge in [-0.25, -0.2) is 9.19 Å². The fourth-order valence-electron chi connectivity index (χ4n) is 4.19. The molecule has 0 saturated carbocycles. The van der Waals surface area contributed by atoms with Crippen molar-refractivity contribution in [3.63, 3.8) is 0 Å². The van der Waals surface area contributed by atoms with E-state index in [-0.39, 0.29) is 5.91 Å². The summed E-state index contributed by atoms with van der Waals surface area (Å²) < 4.78 is 24.8. The summed E-state index contributed by atoms with van der Waals surface area (Å²) in [5.74, 6) is 1.29. The topological polar surface area (TPSA) is 129 Å². The van der Waals surface area contributed by atoms with Gasteiger partial charge in [0, 0.05) is 23.9 Å². The van der Waals surface area contributed by atoms with Crippen molar-refractivity contribution in [2.45, 2.75) is 23.4 Å². The third kappa shape index (κ3) is 6.25. The fraction of sp³-hybridized carbons (Fsp3) is 0.133. The van der Waals surface area contributed by atoms with E-state index in [4.69, 9.17) is 9.47 Å². The molecule has 0 aliphatic heterocycles. The van der Waals surface area contributed by atoms with Crippen molar-refractivity contribution in [3.05, 3.63) is 102 Å². The van der Waals surface area contributed by atoms with Gasteiger partial charge in [-0.3, -0.25) is 4.79 Å². The van der Waals surface area contributed by atoms with Crippen LogP contribution in [0.5, 0.6) is 11.5 Å². The largest absolute Gasteiger partial charge is 0.497 e. The van der Waals surface area contributed by atoms with Gasteiger partial charge in [-0.2, -0.15) is 0 Å². The van der Waals surface area contributed by atoms with Gasteiger partial charge in [-0.05, 0) is 60.0 Å². The monoisotopic (exact) mass is 566 g/mol. The Bertz CT molecular complexity index is 1700. The highest BCUT2D eigenvalue weighted by Crippen LogP contribution is 2.38. The first-order chi connectivity index (χ1) is 20.0. The molecule has 3 aromatic carbocycles. The molecule has 0 aliphatic rings. The number of benzene rings is 3. The Labute approximate surface area is 239 Å². The number of ether oxygens (including phenoxy) is 2. The zero-order chi connectivity index (χ0) is 28.8. The highest BCUT2D eigenvalue weighted by Gasteiger charge is 2.21. The van der Waals surface area contributed by atoms with Crippen molar-refractivity contribution in [2.24, 2.45) is 0 Å². The van der Waals surface area contributed by atoms with Crippen LogP contribution in [-0.2, 0) is 17.3 Å². The maximum absolute atomic E-state index is 13.8. The third-order valence-corrected chi connectivity index (χ3v) is 7.66. The van der Waals surface area contributed by atoms with E-state index in [0.717, 1.165) is 27.8 Å².